The van der Waals surface area contributed by atoms with Gasteiger partial charge in [0.05, 0.1) is 12.0 Å². The second-order valence-corrected chi connectivity index (χ2v) is 9.84. The number of carbonyl (C=O) groups is 1. The molecule has 0 saturated carbocycles. The first kappa shape index (κ1) is 22.7. The third-order valence-electron chi connectivity index (χ3n) is 4.46. The number of benzene rings is 2. The molecule has 1 aromatic heterocycles. The minimum atomic E-state index is -3.90. The molecule has 2 aromatic carbocycles. The molecule has 0 unspecified atom stereocenters. The summed E-state index contributed by atoms with van der Waals surface area (Å²) in [6.45, 7) is 3.54. The van der Waals surface area contributed by atoms with Gasteiger partial charge in [0.25, 0.3) is 0 Å². The van der Waals surface area contributed by atoms with Crippen LogP contribution in [0.25, 0.3) is 0 Å². The van der Waals surface area contributed by atoms with Crippen LogP contribution >= 0.6 is 11.8 Å². The molecule has 0 aliphatic carbocycles. The average molecular weight is 461 g/mol. The number of nitrogens with two attached hydrogens (primary N) is 1. The van der Waals surface area contributed by atoms with Crippen LogP contribution in [0.1, 0.15) is 12.5 Å². The predicted octanol–water partition coefficient (Wildman–Crippen LogP) is 3.37. The number of hydrogen-bond acceptors (Lipinski definition) is 7. The van der Waals surface area contributed by atoms with Gasteiger partial charge in [-0.05, 0) is 49.1 Å². The zero-order chi connectivity index (χ0) is 22.6. The minimum Gasteiger partial charge on any atom is -0.497 e. The molecule has 0 spiro atoms. The van der Waals surface area contributed by atoms with Gasteiger partial charge in [-0.3, -0.25) is 4.79 Å². The lowest BCUT2D eigenvalue weighted by Crippen LogP contribution is -2.21. The lowest BCUT2D eigenvalue weighted by Gasteiger charge is -2.08. The summed E-state index contributed by atoms with van der Waals surface area (Å²) in [7, 11) is -2.34. The van der Waals surface area contributed by atoms with Gasteiger partial charge in [0.1, 0.15) is 28.0 Å². The van der Waals surface area contributed by atoms with E-state index in [9.17, 15) is 13.2 Å². The van der Waals surface area contributed by atoms with Gasteiger partial charge in [-0.25, -0.2) is 13.1 Å². The fourth-order valence-corrected chi connectivity index (χ4v) is 5.44. The number of aryl methyl sites for hydroxylation is 1. The lowest BCUT2D eigenvalue weighted by molar-refractivity contribution is -0.116. The van der Waals surface area contributed by atoms with E-state index in [2.05, 4.69) is 10.4 Å². The molecule has 3 N–H and O–H groups in total. The Morgan fingerprint density at radius 1 is 1.16 bits per heavy atom. The van der Waals surface area contributed by atoms with E-state index in [-0.39, 0.29) is 33.1 Å². The van der Waals surface area contributed by atoms with Gasteiger partial charge in [0.15, 0.2) is 0 Å². The largest absolute Gasteiger partial charge is 0.497 e. The van der Waals surface area contributed by atoms with Crippen molar-refractivity contribution in [1.29, 1.82) is 0 Å². The van der Waals surface area contributed by atoms with Crippen molar-refractivity contribution in [1.82, 2.24) is 9.78 Å². The van der Waals surface area contributed by atoms with Crippen LogP contribution in [-0.4, -0.2) is 37.0 Å². The molecule has 0 aliphatic heterocycles. The van der Waals surface area contributed by atoms with E-state index in [1.807, 2.05) is 13.8 Å². The molecule has 0 radical (unpaired) electrons. The van der Waals surface area contributed by atoms with E-state index in [1.54, 1.807) is 43.5 Å². The number of aromatic nitrogens is 2. The number of sulfone groups is 1. The third-order valence-corrected chi connectivity index (χ3v) is 7.27. The van der Waals surface area contributed by atoms with Crippen molar-refractivity contribution < 1.29 is 17.9 Å². The maximum atomic E-state index is 13.3. The smallest absolute Gasteiger partial charge is 0.246 e. The normalized spacial score (nSPS) is 11.3. The Morgan fingerprint density at radius 3 is 2.39 bits per heavy atom. The molecule has 0 bridgehead atoms. The van der Waals surface area contributed by atoms with E-state index in [0.717, 1.165) is 5.56 Å². The summed E-state index contributed by atoms with van der Waals surface area (Å²) in [5.74, 6) is 0.819. The molecule has 8 nitrogen and oxygen atoms in total. The van der Waals surface area contributed by atoms with Crippen LogP contribution in [0.3, 0.4) is 0 Å². The van der Waals surface area contributed by atoms with Gasteiger partial charge in [-0.2, -0.15) is 5.10 Å². The van der Waals surface area contributed by atoms with Crippen LogP contribution in [0, 0.1) is 6.92 Å². The van der Waals surface area contributed by atoms with Crippen LogP contribution in [0.15, 0.2) is 63.3 Å². The monoisotopic (exact) mass is 460 g/mol. The fourth-order valence-electron chi connectivity index (χ4n) is 2.89. The van der Waals surface area contributed by atoms with Crippen molar-refractivity contribution in [3.63, 3.8) is 0 Å². The van der Waals surface area contributed by atoms with Crippen LogP contribution in [0.5, 0.6) is 5.75 Å². The average Bonchev–Trinajstić information content (AvgIpc) is 3.04. The number of carbonyl (C=O) groups excluding carboxylic acids is 1. The summed E-state index contributed by atoms with van der Waals surface area (Å²) >= 11 is 1.26. The maximum absolute atomic E-state index is 13.3. The number of nitrogen functional groups attached to an aromatic ring is 1. The molecule has 3 aromatic rings. The number of methoxy groups -OCH3 is 1. The number of rotatable bonds is 8. The summed E-state index contributed by atoms with van der Waals surface area (Å²) < 4.78 is 32.8. The summed E-state index contributed by atoms with van der Waals surface area (Å²) in [5.41, 5.74) is 7.70. The van der Waals surface area contributed by atoms with Crippen molar-refractivity contribution in [2.24, 2.45) is 0 Å². The summed E-state index contributed by atoms with van der Waals surface area (Å²) in [5, 5.41) is 7.33. The number of nitrogens with zero attached hydrogens (tertiary/aromatic N) is 2. The first-order valence-corrected chi connectivity index (χ1v) is 12.0. The van der Waals surface area contributed by atoms with Crippen molar-refractivity contribution in [2.75, 3.05) is 23.9 Å². The molecule has 31 heavy (non-hydrogen) atoms. The summed E-state index contributed by atoms with van der Waals surface area (Å²) in [6, 6.07) is 13.4. The molecule has 0 saturated heterocycles. The quantitative estimate of drug-likeness (QED) is 0.495. The van der Waals surface area contributed by atoms with Crippen LogP contribution < -0.4 is 15.8 Å². The Labute approximate surface area is 185 Å². The molecular weight excluding hydrogens is 436 g/mol. The van der Waals surface area contributed by atoms with Crippen LogP contribution in [0.2, 0.25) is 0 Å². The Hall–Kier alpha value is -2.98. The highest BCUT2D eigenvalue weighted by Gasteiger charge is 2.30. The Bertz CT molecular complexity index is 1170. The number of ether oxygens (including phenoxy) is 1. The lowest BCUT2D eigenvalue weighted by atomic mass is 10.2. The highest BCUT2D eigenvalue weighted by Crippen LogP contribution is 2.35. The first-order valence-electron chi connectivity index (χ1n) is 9.51. The number of nitrogens with one attached hydrogen (secondary N) is 1. The first-order chi connectivity index (χ1) is 14.8. The van der Waals surface area contributed by atoms with Crippen molar-refractivity contribution >= 4 is 39.0 Å². The van der Waals surface area contributed by atoms with E-state index in [4.69, 9.17) is 10.5 Å². The van der Waals surface area contributed by atoms with Gasteiger partial charge < -0.3 is 15.8 Å². The SMILES string of the molecule is CCSc1nn(CC(=O)Nc2ccc(OC)cc2)c(N)c1S(=O)(=O)c1ccc(C)cc1. The fraction of sp³-hybridized carbons (Fsp3) is 0.238. The molecule has 3 rings (SSSR count). The van der Waals surface area contributed by atoms with E-state index >= 15 is 0 Å². The number of thioether (sulfide) groups is 1. The molecule has 164 valence electrons. The van der Waals surface area contributed by atoms with Crippen molar-refractivity contribution in [2.45, 2.75) is 35.2 Å². The molecule has 0 fully saturated rings. The molecule has 0 aliphatic rings. The van der Waals surface area contributed by atoms with Crippen molar-refractivity contribution in [3.05, 3.63) is 54.1 Å². The van der Waals surface area contributed by atoms with E-state index in [1.165, 1.54) is 28.6 Å². The number of hydrogen-bond donors (Lipinski definition) is 2. The summed E-state index contributed by atoms with van der Waals surface area (Å²) in [6.07, 6.45) is 0. The van der Waals surface area contributed by atoms with Gasteiger partial charge >= 0.3 is 0 Å². The topological polar surface area (TPSA) is 116 Å². The van der Waals surface area contributed by atoms with Gasteiger partial charge in [-0.15, -0.1) is 11.8 Å². The van der Waals surface area contributed by atoms with Crippen LogP contribution in [-0.2, 0) is 21.2 Å². The highest BCUT2D eigenvalue weighted by molar-refractivity contribution is 8.00. The maximum Gasteiger partial charge on any atom is 0.246 e. The third kappa shape index (κ3) is 5.02. The standard InChI is InChI=1S/C21H24N4O4S2/c1-4-30-21-19(31(27,28)17-11-5-14(2)6-12-17)20(22)25(24-21)13-18(26)23-15-7-9-16(29-3)10-8-15/h5-12H,4,13,22H2,1-3H3,(H,23,26). The molecule has 0 atom stereocenters. The van der Waals surface area contributed by atoms with Crippen LogP contribution in [0.4, 0.5) is 11.5 Å². The van der Waals surface area contributed by atoms with Crippen molar-refractivity contribution in [3.8, 4) is 5.75 Å². The second-order valence-electron chi connectivity index (χ2n) is 6.70. The van der Waals surface area contributed by atoms with Gasteiger partial charge in [0, 0.05) is 5.69 Å². The molecule has 1 amide bonds. The Morgan fingerprint density at radius 2 is 1.81 bits per heavy atom. The van der Waals surface area contributed by atoms with Gasteiger partial charge in [0.2, 0.25) is 15.7 Å². The zero-order valence-corrected chi connectivity index (χ0v) is 19.1. The minimum absolute atomic E-state index is 0.0681. The van der Waals surface area contributed by atoms with E-state index < -0.39 is 9.84 Å². The Kier molecular flexibility index (Phi) is 6.91. The second kappa shape index (κ2) is 9.44. The molecular formula is C21H24N4O4S2. The molecule has 1 heterocycles. The highest BCUT2D eigenvalue weighted by atomic mass is 32.2. The molecule has 10 heteroatoms. The summed E-state index contributed by atoms with van der Waals surface area (Å²) in [4.78, 5) is 12.6. The predicted molar refractivity (Wildman–Crippen MR) is 121 cm³/mol. The number of amides is 1. The Balaban J connectivity index is 1.90. The zero-order valence-electron chi connectivity index (χ0n) is 17.5. The van der Waals surface area contributed by atoms with Gasteiger partial charge in [-0.1, -0.05) is 24.6 Å². The number of anilines is 2. The van der Waals surface area contributed by atoms with E-state index in [0.29, 0.717) is 17.2 Å².